The quantitative estimate of drug-likeness (QED) is 0.909. The topological polar surface area (TPSA) is 42.2 Å². The number of aliphatic imine (C=N–C) groups is 1. The summed E-state index contributed by atoms with van der Waals surface area (Å²) in [6.45, 7) is 8.23. The van der Waals surface area contributed by atoms with Gasteiger partial charge in [-0.15, -0.1) is 0 Å². The number of aryl methyl sites for hydroxylation is 1. The Morgan fingerprint density at radius 1 is 1.61 bits per heavy atom. The first-order chi connectivity index (χ1) is 8.65. The van der Waals surface area contributed by atoms with Crippen LogP contribution in [0.3, 0.4) is 0 Å². The molecule has 4 nitrogen and oxygen atoms in total. The van der Waals surface area contributed by atoms with Crippen molar-refractivity contribution in [2.24, 2.45) is 10.9 Å². The van der Waals surface area contributed by atoms with Crippen LogP contribution < -0.4 is 5.32 Å². The molecule has 2 rings (SSSR count). The number of nitrogens with one attached hydrogen (secondary N) is 1. The second-order valence-electron chi connectivity index (χ2n) is 5.10. The summed E-state index contributed by atoms with van der Waals surface area (Å²) in [5.74, 6) is 1.85. The second-order valence-corrected chi connectivity index (χ2v) is 6.18. The number of thioether (sulfide) groups is 1. The smallest absolute Gasteiger partial charge is 0.156 e. The van der Waals surface area contributed by atoms with Crippen LogP contribution in [-0.2, 0) is 6.54 Å². The van der Waals surface area contributed by atoms with Crippen molar-refractivity contribution in [3.05, 3.63) is 18.0 Å². The van der Waals surface area contributed by atoms with Crippen LogP contribution in [0.15, 0.2) is 17.4 Å². The molecule has 18 heavy (non-hydrogen) atoms. The normalized spacial score (nSPS) is 22.4. The average molecular weight is 266 g/mol. The van der Waals surface area contributed by atoms with Gasteiger partial charge in [-0.3, -0.25) is 9.67 Å². The summed E-state index contributed by atoms with van der Waals surface area (Å²) in [5.41, 5.74) is 1.20. The van der Waals surface area contributed by atoms with Gasteiger partial charge in [-0.1, -0.05) is 25.6 Å². The summed E-state index contributed by atoms with van der Waals surface area (Å²) >= 11 is 1.83. The van der Waals surface area contributed by atoms with Gasteiger partial charge in [0.15, 0.2) is 5.17 Å². The van der Waals surface area contributed by atoms with Crippen molar-refractivity contribution in [1.82, 2.24) is 15.1 Å². The molecule has 1 N–H and O–H groups in total. The van der Waals surface area contributed by atoms with Crippen LogP contribution in [0.5, 0.6) is 0 Å². The Morgan fingerprint density at radius 2 is 2.44 bits per heavy atom. The van der Waals surface area contributed by atoms with Crippen molar-refractivity contribution in [3.63, 3.8) is 0 Å². The van der Waals surface area contributed by atoms with Gasteiger partial charge in [0.05, 0.1) is 19.3 Å². The van der Waals surface area contributed by atoms with Gasteiger partial charge in [0.25, 0.3) is 0 Å². The van der Waals surface area contributed by atoms with Crippen LogP contribution in [0.1, 0.15) is 25.8 Å². The van der Waals surface area contributed by atoms with Gasteiger partial charge in [-0.25, -0.2) is 0 Å². The molecule has 1 unspecified atom stereocenters. The molecule has 1 aliphatic heterocycles. The van der Waals surface area contributed by atoms with Crippen LogP contribution in [0.2, 0.25) is 0 Å². The van der Waals surface area contributed by atoms with E-state index in [1.807, 2.05) is 22.6 Å². The molecule has 0 saturated carbocycles. The van der Waals surface area contributed by atoms with Gasteiger partial charge in [-0.05, 0) is 24.8 Å². The molecule has 100 valence electrons. The SMILES string of the molecule is Cc1cnn(CCN=C2NC(C(C)C)CCS2)c1. The molecular formula is C13H22N4S. The largest absolute Gasteiger partial charge is 0.362 e. The zero-order chi connectivity index (χ0) is 13.0. The second kappa shape index (κ2) is 6.27. The third kappa shape index (κ3) is 3.77. The van der Waals surface area contributed by atoms with Crippen molar-refractivity contribution in [3.8, 4) is 0 Å². The fourth-order valence-corrected chi connectivity index (χ4v) is 2.97. The molecule has 2 heterocycles. The summed E-state index contributed by atoms with van der Waals surface area (Å²) in [4.78, 5) is 4.63. The Kier molecular flexibility index (Phi) is 4.69. The van der Waals surface area contributed by atoms with Gasteiger partial charge in [0.2, 0.25) is 0 Å². The summed E-state index contributed by atoms with van der Waals surface area (Å²) in [6, 6.07) is 0.581. The minimum absolute atomic E-state index is 0.581. The maximum absolute atomic E-state index is 4.63. The van der Waals surface area contributed by atoms with E-state index in [4.69, 9.17) is 0 Å². The molecule has 1 atom stereocenters. The number of amidine groups is 1. The lowest BCUT2D eigenvalue weighted by Gasteiger charge is -2.28. The van der Waals surface area contributed by atoms with Crippen LogP contribution in [0.4, 0.5) is 0 Å². The molecule has 1 aromatic heterocycles. The highest BCUT2D eigenvalue weighted by molar-refractivity contribution is 8.13. The van der Waals surface area contributed by atoms with E-state index in [2.05, 4.69) is 42.4 Å². The van der Waals surface area contributed by atoms with Crippen LogP contribution in [0.25, 0.3) is 0 Å². The van der Waals surface area contributed by atoms with Gasteiger partial charge >= 0.3 is 0 Å². The Bertz CT molecular complexity index is 411. The van der Waals surface area contributed by atoms with E-state index in [1.54, 1.807) is 0 Å². The Labute approximate surface area is 113 Å². The highest BCUT2D eigenvalue weighted by Crippen LogP contribution is 2.18. The van der Waals surface area contributed by atoms with E-state index in [-0.39, 0.29) is 0 Å². The number of aromatic nitrogens is 2. The standard InChI is InChI=1S/C13H22N4S/c1-10(2)12-4-7-18-13(16-12)14-5-6-17-9-11(3)8-15-17/h8-10,12H,4-7H2,1-3H3,(H,14,16). The summed E-state index contributed by atoms with van der Waals surface area (Å²) in [6.07, 6.45) is 5.17. The molecule has 0 bridgehead atoms. The predicted octanol–water partition coefficient (Wildman–Crippen LogP) is 2.30. The van der Waals surface area contributed by atoms with E-state index >= 15 is 0 Å². The molecule has 1 aliphatic rings. The summed E-state index contributed by atoms with van der Waals surface area (Å²) < 4.78 is 1.95. The molecule has 0 radical (unpaired) electrons. The molecule has 1 saturated heterocycles. The number of rotatable bonds is 4. The number of nitrogens with zero attached hydrogens (tertiary/aromatic N) is 3. The van der Waals surface area contributed by atoms with E-state index in [0.717, 1.165) is 18.3 Å². The van der Waals surface area contributed by atoms with E-state index in [9.17, 15) is 0 Å². The highest BCUT2D eigenvalue weighted by atomic mass is 32.2. The van der Waals surface area contributed by atoms with Crippen molar-refractivity contribution in [2.75, 3.05) is 12.3 Å². The third-order valence-electron chi connectivity index (χ3n) is 3.13. The van der Waals surface area contributed by atoms with E-state index < -0.39 is 0 Å². The molecule has 1 fully saturated rings. The van der Waals surface area contributed by atoms with Gasteiger partial charge in [0, 0.05) is 18.0 Å². The zero-order valence-corrected chi connectivity index (χ0v) is 12.2. The van der Waals surface area contributed by atoms with Crippen LogP contribution in [-0.4, -0.2) is 33.3 Å². The van der Waals surface area contributed by atoms with Crippen LogP contribution >= 0.6 is 11.8 Å². The fraction of sp³-hybridized carbons (Fsp3) is 0.692. The lowest BCUT2D eigenvalue weighted by atomic mass is 10.0. The van der Waals surface area contributed by atoms with Crippen LogP contribution in [0, 0.1) is 12.8 Å². The monoisotopic (exact) mass is 266 g/mol. The molecular weight excluding hydrogens is 244 g/mol. The predicted molar refractivity (Wildman–Crippen MR) is 78.1 cm³/mol. The first kappa shape index (κ1) is 13.5. The lowest BCUT2D eigenvalue weighted by Crippen LogP contribution is -2.41. The zero-order valence-electron chi connectivity index (χ0n) is 11.4. The maximum atomic E-state index is 4.63. The number of hydrogen-bond acceptors (Lipinski definition) is 3. The summed E-state index contributed by atoms with van der Waals surface area (Å²) in [7, 11) is 0. The van der Waals surface area contributed by atoms with Gasteiger partial charge in [-0.2, -0.15) is 5.10 Å². The number of hydrogen-bond donors (Lipinski definition) is 1. The van der Waals surface area contributed by atoms with Crippen molar-refractivity contribution >= 4 is 16.9 Å². The first-order valence-corrected chi connectivity index (χ1v) is 7.56. The Balaban J connectivity index is 1.82. The van der Waals surface area contributed by atoms with Crippen molar-refractivity contribution < 1.29 is 0 Å². The Morgan fingerprint density at radius 3 is 3.11 bits per heavy atom. The maximum Gasteiger partial charge on any atom is 0.156 e. The summed E-state index contributed by atoms with van der Waals surface area (Å²) in [5, 5.41) is 8.89. The molecule has 0 amide bonds. The minimum Gasteiger partial charge on any atom is -0.362 e. The molecule has 0 aromatic carbocycles. The van der Waals surface area contributed by atoms with Gasteiger partial charge in [0.1, 0.15) is 0 Å². The first-order valence-electron chi connectivity index (χ1n) is 6.58. The minimum atomic E-state index is 0.581. The highest BCUT2D eigenvalue weighted by Gasteiger charge is 2.19. The van der Waals surface area contributed by atoms with Gasteiger partial charge < -0.3 is 5.32 Å². The van der Waals surface area contributed by atoms with Crippen molar-refractivity contribution in [1.29, 1.82) is 0 Å². The van der Waals surface area contributed by atoms with E-state index in [0.29, 0.717) is 12.0 Å². The van der Waals surface area contributed by atoms with E-state index in [1.165, 1.54) is 17.7 Å². The lowest BCUT2D eigenvalue weighted by molar-refractivity contribution is 0.442. The fourth-order valence-electron chi connectivity index (χ4n) is 1.99. The van der Waals surface area contributed by atoms with Crippen molar-refractivity contribution in [2.45, 2.75) is 39.8 Å². The Hall–Kier alpha value is -0.970. The molecule has 0 aliphatic carbocycles. The molecule has 0 spiro atoms. The third-order valence-corrected chi connectivity index (χ3v) is 4.09. The molecule has 5 heteroatoms. The average Bonchev–Trinajstić information content (AvgIpc) is 2.75. The molecule has 1 aromatic rings.